The van der Waals surface area contributed by atoms with Crippen molar-refractivity contribution in [2.75, 3.05) is 37.9 Å². The Morgan fingerprint density at radius 2 is 2.29 bits per heavy atom. The molecule has 0 spiro atoms. The molecule has 0 aromatic carbocycles. The lowest BCUT2D eigenvalue weighted by Crippen LogP contribution is -2.31. The maximum absolute atomic E-state index is 11.1. The second-order valence-electron chi connectivity index (χ2n) is 3.60. The molecule has 6 heteroatoms. The van der Waals surface area contributed by atoms with Crippen LogP contribution in [-0.2, 0) is 9.53 Å². The van der Waals surface area contributed by atoms with E-state index in [1.807, 2.05) is 13.0 Å². The van der Waals surface area contributed by atoms with Crippen LogP contribution in [-0.4, -0.2) is 37.7 Å². The van der Waals surface area contributed by atoms with E-state index in [1.165, 1.54) is 7.11 Å². The van der Waals surface area contributed by atoms with Crippen LogP contribution < -0.4 is 16.4 Å². The molecule has 1 aromatic rings. The quantitative estimate of drug-likeness (QED) is 0.614. The van der Waals surface area contributed by atoms with Gasteiger partial charge in [0, 0.05) is 26.4 Å². The van der Waals surface area contributed by atoms with Crippen LogP contribution in [0.25, 0.3) is 0 Å². The van der Waals surface area contributed by atoms with Gasteiger partial charge in [0.15, 0.2) is 0 Å². The number of carbonyl (C=O) groups is 1. The van der Waals surface area contributed by atoms with Crippen molar-refractivity contribution in [1.82, 2.24) is 10.3 Å². The number of carbonyl (C=O) groups excluding carboxylic acids is 1. The molecule has 0 aliphatic rings. The van der Waals surface area contributed by atoms with Crippen molar-refractivity contribution in [2.45, 2.75) is 6.92 Å². The molecule has 1 aromatic heterocycles. The first-order valence-corrected chi connectivity index (χ1v) is 5.35. The van der Waals surface area contributed by atoms with Gasteiger partial charge in [-0.25, -0.2) is 4.98 Å². The van der Waals surface area contributed by atoms with Gasteiger partial charge in [-0.1, -0.05) is 0 Å². The molecular formula is C11H18N4O2. The van der Waals surface area contributed by atoms with Crippen molar-refractivity contribution in [3.63, 3.8) is 0 Å². The Morgan fingerprint density at radius 1 is 1.53 bits per heavy atom. The summed E-state index contributed by atoms with van der Waals surface area (Å²) < 4.78 is 4.69. The average Bonchev–Trinajstić information content (AvgIpc) is 2.30. The predicted molar refractivity (Wildman–Crippen MR) is 66.8 cm³/mol. The molecule has 0 fully saturated rings. The van der Waals surface area contributed by atoms with Gasteiger partial charge in [0.1, 0.15) is 12.4 Å². The van der Waals surface area contributed by atoms with Crippen molar-refractivity contribution in [1.29, 1.82) is 0 Å². The summed E-state index contributed by atoms with van der Waals surface area (Å²) in [5.74, 6) is 0.505. The smallest absolute Gasteiger partial charge is 0.246 e. The zero-order valence-corrected chi connectivity index (χ0v) is 10.1. The standard InChI is InChI=1S/C11H18N4O2/c1-8-3-4-14-11(10(8)12)15-6-5-13-9(16)7-17-2/h3-4H,5-7,12H2,1-2H3,(H,13,16)(H,14,15). The second-order valence-corrected chi connectivity index (χ2v) is 3.60. The van der Waals surface area contributed by atoms with Crippen molar-refractivity contribution in [3.8, 4) is 0 Å². The Balaban J connectivity index is 2.31. The Hall–Kier alpha value is -1.82. The van der Waals surface area contributed by atoms with Crippen LogP contribution in [0.3, 0.4) is 0 Å². The van der Waals surface area contributed by atoms with E-state index < -0.39 is 0 Å². The summed E-state index contributed by atoms with van der Waals surface area (Å²) in [7, 11) is 1.48. The summed E-state index contributed by atoms with van der Waals surface area (Å²) in [6.07, 6.45) is 1.69. The molecule has 1 amide bonds. The third-order valence-electron chi connectivity index (χ3n) is 2.22. The zero-order valence-electron chi connectivity index (χ0n) is 10.1. The highest BCUT2D eigenvalue weighted by Crippen LogP contribution is 2.17. The zero-order chi connectivity index (χ0) is 12.7. The van der Waals surface area contributed by atoms with E-state index >= 15 is 0 Å². The topological polar surface area (TPSA) is 89.3 Å². The van der Waals surface area contributed by atoms with Gasteiger partial charge in [0.25, 0.3) is 0 Å². The first kappa shape index (κ1) is 13.2. The van der Waals surface area contributed by atoms with Gasteiger partial charge < -0.3 is 21.1 Å². The van der Waals surface area contributed by atoms with Gasteiger partial charge in [-0.05, 0) is 18.6 Å². The largest absolute Gasteiger partial charge is 0.396 e. The fraction of sp³-hybridized carbons (Fsp3) is 0.455. The van der Waals surface area contributed by atoms with E-state index in [2.05, 4.69) is 20.4 Å². The fourth-order valence-corrected chi connectivity index (χ4v) is 1.28. The molecule has 17 heavy (non-hydrogen) atoms. The monoisotopic (exact) mass is 238 g/mol. The Morgan fingerprint density at radius 3 is 3.00 bits per heavy atom. The normalized spacial score (nSPS) is 10.0. The average molecular weight is 238 g/mol. The van der Waals surface area contributed by atoms with Crippen molar-refractivity contribution in [3.05, 3.63) is 17.8 Å². The second kappa shape index (κ2) is 6.70. The molecule has 0 radical (unpaired) electrons. The number of rotatable bonds is 6. The van der Waals surface area contributed by atoms with E-state index in [9.17, 15) is 4.79 Å². The van der Waals surface area contributed by atoms with Crippen molar-refractivity contribution < 1.29 is 9.53 Å². The van der Waals surface area contributed by atoms with Crippen LogP contribution in [0.15, 0.2) is 12.3 Å². The summed E-state index contributed by atoms with van der Waals surface area (Å²) in [4.78, 5) is 15.2. The van der Waals surface area contributed by atoms with Gasteiger partial charge in [0.05, 0.1) is 5.69 Å². The maximum atomic E-state index is 11.1. The SMILES string of the molecule is COCC(=O)NCCNc1nccc(C)c1N. The highest BCUT2D eigenvalue weighted by atomic mass is 16.5. The highest BCUT2D eigenvalue weighted by Gasteiger charge is 2.02. The van der Waals surface area contributed by atoms with Crippen LogP contribution in [0.1, 0.15) is 5.56 Å². The van der Waals surface area contributed by atoms with Gasteiger partial charge in [0.2, 0.25) is 5.91 Å². The van der Waals surface area contributed by atoms with Crippen molar-refractivity contribution in [2.24, 2.45) is 0 Å². The number of methoxy groups -OCH3 is 1. The van der Waals surface area contributed by atoms with Crippen LogP contribution in [0.2, 0.25) is 0 Å². The van der Waals surface area contributed by atoms with Gasteiger partial charge in [-0.3, -0.25) is 4.79 Å². The molecular weight excluding hydrogens is 220 g/mol. The minimum absolute atomic E-state index is 0.0742. The summed E-state index contributed by atoms with van der Waals surface area (Å²) in [6.45, 7) is 3.06. The minimum Gasteiger partial charge on any atom is -0.396 e. The molecule has 1 heterocycles. The van der Waals surface area contributed by atoms with E-state index in [0.29, 0.717) is 24.6 Å². The molecule has 0 bridgehead atoms. The molecule has 94 valence electrons. The van der Waals surface area contributed by atoms with Gasteiger partial charge in [-0.15, -0.1) is 0 Å². The Bertz CT molecular complexity index is 382. The number of aromatic nitrogens is 1. The number of nitrogens with zero attached hydrogens (tertiary/aromatic N) is 1. The lowest BCUT2D eigenvalue weighted by Gasteiger charge is -2.10. The van der Waals surface area contributed by atoms with E-state index in [4.69, 9.17) is 5.73 Å². The number of hydrogen-bond acceptors (Lipinski definition) is 5. The number of amides is 1. The van der Waals surface area contributed by atoms with Crippen LogP contribution >= 0.6 is 0 Å². The molecule has 0 saturated heterocycles. The first-order valence-electron chi connectivity index (χ1n) is 5.35. The predicted octanol–water partition coefficient (Wildman–Crippen LogP) is 0.147. The molecule has 4 N–H and O–H groups in total. The number of nitrogens with two attached hydrogens (primary N) is 1. The number of ether oxygens (including phenoxy) is 1. The molecule has 0 aliphatic carbocycles. The summed E-state index contributed by atoms with van der Waals surface area (Å²) in [5.41, 5.74) is 7.45. The van der Waals surface area contributed by atoms with Crippen LogP contribution in [0, 0.1) is 6.92 Å². The van der Waals surface area contributed by atoms with Crippen LogP contribution in [0.4, 0.5) is 11.5 Å². The van der Waals surface area contributed by atoms with Crippen LogP contribution in [0.5, 0.6) is 0 Å². The number of anilines is 2. The minimum atomic E-state index is -0.139. The number of nitrogen functional groups attached to an aromatic ring is 1. The number of nitrogens with one attached hydrogen (secondary N) is 2. The highest BCUT2D eigenvalue weighted by molar-refractivity contribution is 5.77. The lowest BCUT2D eigenvalue weighted by molar-refractivity contribution is -0.124. The molecule has 6 nitrogen and oxygen atoms in total. The number of pyridine rings is 1. The molecule has 0 atom stereocenters. The fourth-order valence-electron chi connectivity index (χ4n) is 1.28. The molecule has 0 saturated carbocycles. The number of aryl methyl sites for hydroxylation is 1. The summed E-state index contributed by atoms with van der Waals surface area (Å²) in [5, 5.41) is 5.75. The van der Waals surface area contributed by atoms with E-state index in [0.717, 1.165) is 5.56 Å². The van der Waals surface area contributed by atoms with Gasteiger partial charge in [-0.2, -0.15) is 0 Å². The summed E-state index contributed by atoms with van der Waals surface area (Å²) in [6, 6.07) is 1.85. The third-order valence-corrected chi connectivity index (χ3v) is 2.22. The molecule has 1 rings (SSSR count). The number of hydrogen-bond donors (Lipinski definition) is 3. The van der Waals surface area contributed by atoms with Gasteiger partial charge >= 0.3 is 0 Å². The molecule has 0 unspecified atom stereocenters. The third kappa shape index (κ3) is 4.28. The Labute approximate surface area is 101 Å². The van der Waals surface area contributed by atoms with E-state index in [1.54, 1.807) is 6.20 Å². The summed E-state index contributed by atoms with van der Waals surface area (Å²) >= 11 is 0. The first-order chi connectivity index (χ1) is 8.15. The molecule has 0 aliphatic heterocycles. The lowest BCUT2D eigenvalue weighted by atomic mass is 10.2. The van der Waals surface area contributed by atoms with E-state index in [-0.39, 0.29) is 12.5 Å². The maximum Gasteiger partial charge on any atom is 0.246 e. The Kier molecular flexibility index (Phi) is 5.22. The van der Waals surface area contributed by atoms with Crippen molar-refractivity contribution >= 4 is 17.4 Å².